The van der Waals surface area contributed by atoms with E-state index < -0.39 is 0 Å². The predicted octanol–water partition coefficient (Wildman–Crippen LogP) is 2.23. The summed E-state index contributed by atoms with van der Waals surface area (Å²) in [5, 5.41) is 0. The summed E-state index contributed by atoms with van der Waals surface area (Å²) >= 11 is 0. The van der Waals surface area contributed by atoms with Gasteiger partial charge in [0.25, 0.3) is 0 Å². The molecule has 1 aliphatic rings. The second kappa shape index (κ2) is 10.6. The third kappa shape index (κ3) is 7.02. The zero-order valence-electron chi connectivity index (χ0n) is 13.9. The molecule has 1 rings (SSSR count). The van der Waals surface area contributed by atoms with Gasteiger partial charge in [-0.2, -0.15) is 0 Å². The molecule has 4 heteroatoms. The second-order valence-electron chi connectivity index (χ2n) is 6.12. The molecule has 20 heavy (non-hydrogen) atoms. The van der Waals surface area contributed by atoms with Crippen molar-refractivity contribution in [1.82, 2.24) is 9.80 Å². The molecule has 0 N–H and O–H groups in total. The summed E-state index contributed by atoms with van der Waals surface area (Å²) < 4.78 is 11.3. The maximum atomic E-state index is 6.06. The lowest BCUT2D eigenvalue weighted by molar-refractivity contribution is 0.0220. The molecule has 0 aromatic carbocycles. The Morgan fingerprint density at radius 2 is 1.90 bits per heavy atom. The van der Waals surface area contributed by atoms with Gasteiger partial charge in [0, 0.05) is 26.3 Å². The quantitative estimate of drug-likeness (QED) is 0.544. The Morgan fingerprint density at radius 3 is 2.45 bits per heavy atom. The number of methoxy groups -OCH3 is 1. The van der Waals surface area contributed by atoms with Gasteiger partial charge in [0.15, 0.2) is 0 Å². The molecule has 0 amide bonds. The van der Waals surface area contributed by atoms with Crippen LogP contribution in [-0.2, 0) is 9.47 Å². The van der Waals surface area contributed by atoms with Gasteiger partial charge in [0.1, 0.15) is 0 Å². The molecule has 0 aromatic rings. The number of likely N-dealkylation sites (N-methyl/N-ethyl adjacent to an activating group) is 1. The smallest absolute Gasteiger partial charge is 0.0699 e. The predicted molar refractivity (Wildman–Crippen MR) is 84.3 cm³/mol. The average molecular weight is 286 g/mol. The number of hydrogen-bond donors (Lipinski definition) is 0. The average Bonchev–Trinajstić information content (AvgIpc) is 2.93. The van der Waals surface area contributed by atoms with Gasteiger partial charge in [-0.3, -0.25) is 0 Å². The van der Waals surface area contributed by atoms with Crippen molar-refractivity contribution < 1.29 is 9.47 Å². The molecule has 2 atom stereocenters. The van der Waals surface area contributed by atoms with E-state index in [9.17, 15) is 0 Å². The molecule has 0 spiro atoms. The van der Waals surface area contributed by atoms with Gasteiger partial charge < -0.3 is 19.3 Å². The Labute approximate surface area is 125 Å². The van der Waals surface area contributed by atoms with Gasteiger partial charge in [0.2, 0.25) is 0 Å². The highest BCUT2D eigenvalue weighted by Gasteiger charge is 2.17. The van der Waals surface area contributed by atoms with Crippen LogP contribution < -0.4 is 0 Å². The molecule has 0 aliphatic carbocycles. The van der Waals surface area contributed by atoms with Gasteiger partial charge >= 0.3 is 0 Å². The van der Waals surface area contributed by atoms with Crippen LogP contribution in [0.5, 0.6) is 0 Å². The van der Waals surface area contributed by atoms with Crippen LogP contribution >= 0.6 is 0 Å². The van der Waals surface area contributed by atoms with Crippen LogP contribution in [0.4, 0.5) is 0 Å². The highest BCUT2D eigenvalue weighted by molar-refractivity contribution is 4.71. The highest BCUT2D eigenvalue weighted by Crippen LogP contribution is 2.11. The number of rotatable bonds is 11. The van der Waals surface area contributed by atoms with E-state index >= 15 is 0 Å². The first-order valence-corrected chi connectivity index (χ1v) is 8.16. The van der Waals surface area contributed by atoms with E-state index in [1.54, 1.807) is 7.11 Å². The topological polar surface area (TPSA) is 24.9 Å². The first-order valence-electron chi connectivity index (χ1n) is 8.16. The van der Waals surface area contributed by atoms with Gasteiger partial charge in [-0.05, 0) is 59.3 Å². The Hall–Kier alpha value is -0.160. The summed E-state index contributed by atoms with van der Waals surface area (Å²) in [7, 11) is 6.01. The maximum Gasteiger partial charge on any atom is 0.0699 e. The minimum Gasteiger partial charge on any atom is -0.383 e. The largest absolute Gasteiger partial charge is 0.383 e. The van der Waals surface area contributed by atoms with Crippen molar-refractivity contribution in [1.29, 1.82) is 0 Å². The standard InChI is InChI=1S/C16H34N2O2/c1-5-16(13-18-10-6-7-11-18)20-12-8-9-15(14-19-4)17(2)3/h15-16H,5-14H2,1-4H3/t15-,16+/m1/s1. The molecular weight excluding hydrogens is 252 g/mol. The first-order chi connectivity index (χ1) is 9.67. The lowest BCUT2D eigenvalue weighted by Crippen LogP contribution is -2.33. The molecule has 1 fully saturated rings. The van der Waals surface area contributed by atoms with Gasteiger partial charge in [0.05, 0.1) is 12.7 Å². The van der Waals surface area contributed by atoms with Crippen molar-refractivity contribution in [2.75, 3.05) is 54.1 Å². The summed E-state index contributed by atoms with van der Waals surface area (Å²) in [6.45, 7) is 7.55. The van der Waals surface area contributed by atoms with Crippen LogP contribution in [0.1, 0.15) is 39.0 Å². The van der Waals surface area contributed by atoms with E-state index in [1.165, 1.54) is 25.9 Å². The summed E-state index contributed by atoms with van der Waals surface area (Å²) in [4.78, 5) is 4.78. The molecule has 0 unspecified atom stereocenters. The third-order valence-corrected chi connectivity index (χ3v) is 4.24. The molecule has 1 aliphatic heterocycles. The fraction of sp³-hybridized carbons (Fsp3) is 1.00. The van der Waals surface area contributed by atoms with Gasteiger partial charge in [-0.25, -0.2) is 0 Å². The molecular formula is C16H34N2O2. The van der Waals surface area contributed by atoms with Crippen LogP contribution in [0.15, 0.2) is 0 Å². The lowest BCUT2D eigenvalue weighted by atomic mass is 10.1. The maximum absolute atomic E-state index is 6.06. The fourth-order valence-corrected chi connectivity index (χ4v) is 2.80. The van der Waals surface area contributed by atoms with E-state index in [0.29, 0.717) is 12.1 Å². The van der Waals surface area contributed by atoms with Crippen molar-refractivity contribution in [2.45, 2.75) is 51.2 Å². The van der Waals surface area contributed by atoms with Crippen LogP contribution in [0.2, 0.25) is 0 Å². The van der Waals surface area contributed by atoms with Crippen molar-refractivity contribution in [3.8, 4) is 0 Å². The van der Waals surface area contributed by atoms with Crippen LogP contribution in [0.3, 0.4) is 0 Å². The summed E-state index contributed by atoms with van der Waals surface area (Å²) in [5.41, 5.74) is 0. The normalized spacial score (nSPS) is 19.6. The van der Waals surface area contributed by atoms with E-state index in [0.717, 1.165) is 39.0 Å². The Kier molecular flexibility index (Phi) is 9.44. The fourth-order valence-electron chi connectivity index (χ4n) is 2.80. The molecule has 1 saturated heterocycles. The van der Waals surface area contributed by atoms with E-state index in [4.69, 9.17) is 9.47 Å². The Bertz CT molecular complexity index is 231. The number of nitrogens with zero attached hydrogens (tertiary/aromatic N) is 2. The summed E-state index contributed by atoms with van der Waals surface area (Å²) in [5.74, 6) is 0. The van der Waals surface area contributed by atoms with Crippen molar-refractivity contribution in [3.63, 3.8) is 0 Å². The Morgan fingerprint density at radius 1 is 1.20 bits per heavy atom. The zero-order valence-corrected chi connectivity index (χ0v) is 13.9. The minimum absolute atomic E-state index is 0.410. The second-order valence-corrected chi connectivity index (χ2v) is 6.12. The van der Waals surface area contributed by atoms with Crippen molar-refractivity contribution in [2.24, 2.45) is 0 Å². The van der Waals surface area contributed by atoms with Gasteiger partial charge in [-0.15, -0.1) is 0 Å². The molecule has 1 heterocycles. The van der Waals surface area contributed by atoms with Crippen LogP contribution in [0.25, 0.3) is 0 Å². The van der Waals surface area contributed by atoms with Crippen molar-refractivity contribution >= 4 is 0 Å². The monoisotopic (exact) mass is 286 g/mol. The lowest BCUT2D eigenvalue weighted by Gasteiger charge is -2.25. The molecule has 0 bridgehead atoms. The van der Waals surface area contributed by atoms with Crippen molar-refractivity contribution in [3.05, 3.63) is 0 Å². The molecule has 120 valence electrons. The molecule has 4 nitrogen and oxygen atoms in total. The molecule has 0 radical (unpaired) electrons. The molecule has 0 aromatic heterocycles. The third-order valence-electron chi connectivity index (χ3n) is 4.24. The van der Waals surface area contributed by atoms with Crippen LogP contribution in [-0.4, -0.2) is 76.0 Å². The highest BCUT2D eigenvalue weighted by atomic mass is 16.5. The summed E-state index contributed by atoms with van der Waals surface area (Å²) in [6, 6.07) is 0.502. The zero-order chi connectivity index (χ0) is 14.8. The van der Waals surface area contributed by atoms with Gasteiger partial charge in [-0.1, -0.05) is 6.92 Å². The number of hydrogen-bond acceptors (Lipinski definition) is 4. The minimum atomic E-state index is 0.410. The van der Waals surface area contributed by atoms with E-state index in [-0.39, 0.29) is 0 Å². The van der Waals surface area contributed by atoms with E-state index in [2.05, 4.69) is 30.8 Å². The van der Waals surface area contributed by atoms with E-state index in [1.807, 2.05) is 0 Å². The number of likely N-dealkylation sites (tertiary alicyclic amines) is 1. The SMILES string of the molecule is CC[C@@H](CN1CCCC1)OCCC[C@H](COC)N(C)C. The van der Waals surface area contributed by atoms with Crippen LogP contribution in [0, 0.1) is 0 Å². The number of ether oxygens (including phenoxy) is 2. The first kappa shape index (κ1) is 17.9. The Balaban J connectivity index is 2.13. The summed E-state index contributed by atoms with van der Waals surface area (Å²) in [6.07, 6.45) is 6.50. The molecule has 0 saturated carbocycles.